The second kappa shape index (κ2) is 5.68. The van der Waals surface area contributed by atoms with Crippen molar-refractivity contribution >= 4 is 0 Å². The summed E-state index contributed by atoms with van der Waals surface area (Å²) < 4.78 is 11.3. The van der Waals surface area contributed by atoms with Gasteiger partial charge in [-0.1, -0.05) is 13.8 Å². The van der Waals surface area contributed by atoms with Gasteiger partial charge in [0.1, 0.15) is 0 Å². The van der Waals surface area contributed by atoms with Crippen molar-refractivity contribution in [1.29, 1.82) is 0 Å². The van der Waals surface area contributed by atoms with Gasteiger partial charge in [-0.3, -0.25) is 0 Å². The van der Waals surface area contributed by atoms with Crippen LogP contribution in [0.15, 0.2) is 0 Å². The van der Waals surface area contributed by atoms with Crippen LogP contribution in [-0.2, 0) is 9.47 Å². The lowest BCUT2D eigenvalue weighted by atomic mass is 9.83. The lowest BCUT2D eigenvalue weighted by Gasteiger charge is -2.44. The largest absolute Gasteiger partial charge is 0.381 e. The van der Waals surface area contributed by atoms with Crippen LogP contribution in [0.3, 0.4) is 0 Å². The van der Waals surface area contributed by atoms with E-state index in [2.05, 4.69) is 19.2 Å². The lowest BCUT2D eigenvalue weighted by molar-refractivity contribution is -0.0973. The van der Waals surface area contributed by atoms with E-state index in [1.807, 2.05) is 7.11 Å². The summed E-state index contributed by atoms with van der Waals surface area (Å²) in [5, 5.41) is 3.78. The van der Waals surface area contributed by atoms with Crippen LogP contribution in [0.4, 0.5) is 0 Å². The third-order valence-electron chi connectivity index (χ3n) is 4.68. The first-order valence-corrected chi connectivity index (χ1v) is 7.14. The first kappa shape index (κ1) is 13.3. The Morgan fingerprint density at radius 1 is 1.24 bits per heavy atom. The highest BCUT2D eigenvalue weighted by Gasteiger charge is 2.37. The highest BCUT2D eigenvalue weighted by atomic mass is 16.5. The Morgan fingerprint density at radius 3 is 2.53 bits per heavy atom. The molecule has 1 N–H and O–H groups in total. The van der Waals surface area contributed by atoms with Gasteiger partial charge in [0.05, 0.1) is 11.7 Å². The van der Waals surface area contributed by atoms with E-state index in [9.17, 15) is 0 Å². The fourth-order valence-electron chi connectivity index (χ4n) is 3.14. The highest BCUT2D eigenvalue weighted by Crippen LogP contribution is 2.33. The number of nitrogens with one attached hydrogen (secondary N) is 1. The average molecular weight is 241 g/mol. The summed E-state index contributed by atoms with van der Waals surface area (Å²) >= 11 is 0. The molecule has 1 aliphatic heterocycles. The number of ether oxygens (including phenoxy) is 2. The third-order valence-corrected chi connectivity index (χ3v) is 4.68. The van der Waals surface area contributed by atoms with E-state index in [1.165, 1.54) is 19.3 Å². The van der Waals surface area contributed by atoms with E-state index in [1.54, 1.807) is 0 Å². The van der Waals surface area contributed by atoms with Gasteiger partial charge >= 0.3 is 0 Å². The summed E-state index contributed by atoms with van der Waals surface area (Å²) in [5.41, 5.74) is 0.139. The molecule has 0 radical (unpaired) electrons. The molecule has 1 atom stereocenters. The van der Waals surface area contributed by atoms with Crippen LogP contribution in [-0.4, -0.2) is 37.5 Å². The molecule has 17 heavy (non-hydrogen) atoms. The van der Waals surface area contributed by atoms with Gasteiger partial charge in [-0.15, -0.1) is 0 Å². The predicted molar refractivity (Wildman–Crippen MR) is 69.2 cm³/mol. The average Bonchev–Trinajstić information content (AvgIpc) is 2.33. The second-order valence-electron chi connectivity index (χ2n) is 5.62. The Kier molecular flexibility index (Phi) is 4.45. The molecule has 0 aromatic rings. The number of rotatable bonds is 5. The van der Waals surface area contributed by atoms with Crippen molar-refractivity contribution in [1.82, 2.24) is 5.32 Å². The Hall–Kier alpha value is -0.120. The van der Waals surface area contributed by atoms with Crippen LogP contribution in [0, 0.1) is 0 Å². The number of hydrogen-bond acceptors (Lipinski definition) is 3. The summed E-state index contributed by atoms with van der Waals surface area (Å²) in [6.45, 7) is 5.41. The fourth-order valence-corrected chi connectivity index (χ4v) is 3.14. The zero-order valence-electron chi connectivity index (χ0n) is 11.5. The van der Waals surface area contributed by atoms with Gasteiger partial charge in [0.25, 0.3) is 0 Å². The SMILES string of the molecule is CCC1(CC)CC(NC2CC(OC)C2)CCO1. The summed E-state index contributed by atoms with van der Waals surface area (Å²) in [6.07, 6.45) is 7.46. The van der Waals surface area contributed by atoms with Crippen molar-refractivity contribution in [3.05, 3.63) is 0 Å². The molecule has 1 aliphatic carbocycles. The summed E-state index contributed by atoms with van der Waals surface area (Å²) in [6, 6.07) is 1.32. The molecule has 2 fully saturated rings. The van der Waals surface area contributed by atoms with Crippen LogP contribution in [0.2, 0.25) is 0 Å². The zero-order chi connectivity index (χ0) is 12.3. The lowest BCUT2D eigenvalue weighted by Crippen LogP contribution is -2.53. The zero-order valence-corrected chi connectivity index (χ0v) is 11.5. The smallest absolute Gasteiger partial charge is 0.0692 e. The molecule has 0 bridgehead atoms. The Morgan fingerprint density at radius 2 is 1.94 bits per heavy atom. The molecule has 1 heterocycles. The quantitative estimate of drug-likeness (QED) is 0.802. The van der Waals surface area contributed by atoms with Gasteiger partial charge in [-0.05, 0) is 38.5 Å². The Balaban J connectivity index is 1.78. The molecular formula is C14H27NO2. The molecule has 2 rings (SSSR count). The molecule has 0 aromatic heterocycles. The van der Waals surface area contributed by atoms with E-state index >= 15 is 0 Å². The van der Waals surface area contributed by atoms with E-state index in [4.69, 9.17) is 9.47 Å². The van der Waals surface area contributed by atoms with Gasteiger partial charge in [0.15, 0.2) is 0 Å². The minimum absolute atomic E-state index is 0.139. The maximum Gasteiger partial charge on any atom is 0.0692 e. The van der Waals surface area contributed by atoms with Crippen LogP contribution in [0.1, 0.15) is 52.4 Å². The standard InChI is InChI=1S/C14H27NO2/c1-4-14(5-2)10-11(6-7-17-14)15-12-8-13(9-12)16-3/h11-13,15H,4-10H2,1-3H3. The molecular weight excluding hydrogens is 214 g/mol. The molecule has 1 unspecified atom stereocenters. The highest BCUT2D eigenvalue weighted by molar-refractivity contribution is 4.93. The van der Waals surface area contributed by atoms with Crippen molar-refractivity contribution in [2.45, 2.75) is 76.2 Å². The Labute approximate surface area is 105 Å². The molecule has 3 nitrogen and oxygen atoms in total. The summed E-state index contributed by atoms with van der Waals surface area (Å²) in [5.74, 6) is 0. The van der Waals surface area contributed by atoms with E-state index in [0.29, 0.717) is 18.2 Å². The molecule has 100 valence electrons. The van der Waals surface area contributed by atoms with Crippen molar-refractivity contribution in [2.75, 3.05) is 13.7 Å². The summed E-state index contributed by atoms with van der Waals surface area (Å²) in [4.78, 5) is 0. The monoisotopic (exact) mass is 241 g/mol. The number of methoxy groups -OCH3 is 1. The molecule has 2 aliphatic rings. The minimum atomic E-state index is 0.139. The van der Waals surface area contributed by atoms with Crippen molar-refractivity contribution < 1.29 is 9.47 Å². The topological polar surface area (TPSA) is 30.5 Å². The normalized spacial score (nSPS) is 36.5. The molecule has 1 saturated carbocycles. The second-order valence-corrected chi connectivity index (χ2v) is 5.62. The van der Waals surface area contributed by atoms with Crippen LogP contribution < -0.4 is 5.32 Å². The maximum absolute atomic E-state index is 6.00. The molecule has 0 aromatic carbocycles. The summed E-state index contributed by atoms with van der Waals surface area (Å²) in [7, 11) is 1.81. The molecule has 0 spiro atoms. The number of hydrogen-bond donors (Lipinski definition) is 1. The minimum Gasteiger partial charge on any atom is -0.381 e. The molecule has 0 amide bonds. The van der Waals surface area contributed by atoms with E-state index < -0.39 is 0 Å². The van der Waals surface area contributed by atoms with Gasteiger partial charge in [0.2, 0.25) is 0 Å². The van der Waals surface area contributed by atoms with Crippen LogP contribution >= 0.6 is 0 Å². The predicted octanol–water partition coefficient (Wildman–Crippen LogP) is 2.49. The van der Waals surface area contributed by atoms with Crippen molar-refractivity contribution in [2.24, 2.45) is 0 Å². The van der Waals surface area contributed by atoms with Gasteiger partial charge in [-0.2, -0.15) is 0 Å². The fraction of sp³-hybridized carbons (Fsp3) is 1.00. The first-order chi connectivity index (χ1) is 8.21. The first-order valence-electron chi connectivity index (χ1n) is 7.14. The van der Waals surface area contributed by atoms with Gasteiger partial charge < -0.3 is 14.8 Å². The van der Waals surface area contributed by atoms with Crippen LogP contribution in [0.25, 0.3) is 0 Å². The van der Waals surface area contributed by atoms with Crippen molar-refractivity contribution in [3.8, 4) is 0 Å². The van der Waals surface area contributed by atoms with E-state index in [0.717, 1.165) is 25.9 Å². The van der Waals surface area contributed by atoms with Gasteiger partial charge in [0, 0.05) is 25.8 Å². The van der Waals surface area contributed by atoms with Crippen molar-refractivity contribution in [3.63, 3.8) is 0 Å². The molecule has 3 heteroatoms. The third kappa shape index (κ3) is 3.01. The van der Waals surface area contributed by atoms with Crippen LogP contribution in [0.5, 0.6) is 0 Å². The Bertz CT molecular complexity index is 234. The maximum atomic E-state index is 6.00. The van der Waals surface area contributed by atoms with E-state index in [-0.39, 0.29) is 5.60 Å². The van der Waals surface area contributed by atoms with Gasteiger partial charge in [-0.25, -0.2) is 0 Å². The molecule has 1 saturated heterocycles.